The molecule has 0 aliphatic rings. The van der Waals surface area contributed by atoms with Crippen molar-refractivity contribution in [3.63, 3.8) is 0 Å². The third-order valence-corrected chi connectivity index (χ3v) is 4.49. The second-order valence-electron chi connectivity index (χ2n) is 10.3. The molecule has 0 aliphatic carbocycles. The van der Waals surface area contributed by atoms with Crippen molar-refractivity contribution in [2.24, 2.45) is 0 Å². The molecule has 0 saturated carbocycles. The minimum Gasteiger partial charge on any atom is -0.465 e. The number of hydrogen-bond donors (Lipinski definition) is 4. The van der Waals surface area contributed by atoms with Crippen LogP contribution in [0.3, 0.4) is 0 Å². The Morgan fingerprint density at radius 3 is 2.06 bits per heavy atom. The number of ether oxygens (including phenoxy) is 2. The number of alkyl carbamates (subject to hydrolysis) is 2. The van der Waals surface area contributed by atoms with Gasteiger partial charge in [0.2, 0.25) is 5.91 Å². The van der Waals surface area contributed by atoms with Crippen LogP contribution < -0.4 is 16.0 Å². The van der Waals surface area contributed by atoms with Crippen LogP contribution in [0.2, 0.25) is 0 Å². The van der Waals surface area contributed by atoms with E-state index in [0.29, 0.717) is 19.4 Å². The maximum atomic E-state index is 12.5. The molecule has 1 rings (SSSR count). The summed E-state index contributed by atoms with van der Waals surface area (Å²) >= 11 is 0. The molecule has 0 radical (unpaired) electrons. The first-order chi connectivity index (χ1) is 16.6. The SMILES string of the molecule is CC(C)(C)OC(=O)NCCC[C@@H](CNC(=O)CN(Cc1ccccc1)C(=O)O)NC(=O)OC(C)(C)C. The molecule has 0 bridgehead atoms. The molecule has 0 aliphatic heterocycles. The van der Waals surface area contributed by atoms with Crippen LogP contribution in [0.5, 0.6) is 0 Å². The Labute approximate surface area is 212 Å². The van der Waals surface area contributed by atoms with Crippen molar-refractivity contribution in [2.75, 3.05) is 19.6 Å². The average Bonchev–Trinajstić information content (AvgIpc) is 2.72. The summed E-state index contributed by atoms with van der Waals surface area (Å²) in [6.07, 6.45) is -1.49. The third kappa shape index (κ3) is 14.7. The van der Waals surface area contributed by atoms with Crippen molar-refractivity contribution >= 4 is 24.2 Å². The van der Waals surface area contributed by atoms with Crippen LogP contribution in [0.4, 0.5) is 14.4 Å². The fraction of sp³-hybridized carbons (Fsp3) is 0.600. The zero-order chi connectivity index (χ0) is 27.4. The van der Waals surface area contributed by atoms with E-state index in [1.54, 1.807) is 65.8 Å². The average molecular weight is 509 g/mol. The molecular weight excluding hydrogens is 468 g/mol. The normalized spacial score (nSPS) is 12.2. The third-order valence-electron chi connectivity index (χ3n) is 4.49. The quantitative estimate of drug-likeness (QED) is 0.335. The van der Waals surface area contributed by atoms with E-state index in [4.69, 9.17) is 9.47 Å². The maximum Gasteiger partial charge on any atom is 0.408 e. The van der Waals surface area contributed by atoms with Gasteiger partial charge in [0.25, 0.3) is 0 Å². The summed E-state index contributed by atoms with van der Waals surface area (Å²) in [4.78, 5) is 49.2. The molecule has 4 amide bonds. The fourth-order valence-corrected chi connectivity index (χ4v) is 3.01. The molecule has 0 saturated heterocycles. The summed E-state index contributed by atoms with van der Waals surface area (Å²) in [5.74, 6) is -0.504. The first-order valence-corrected chi connectivity index (χ1v) is 11.9. The summed E-state index contributed by atoms with van der Waals surface area (Å²) < 4.78 is 10.5. The number of carbonyl (C=O) groups excluding carboxylic acids is 3. The van der Waals surface area contributed by atoms with Crippen LogP contribution in [0, 0.1) is 0 Å². The second-order valence-corrected chi connectivity index (χ2v) is 10.3. The summed E-state index contributed by atoms with van der Waals surface area (Å²) in [5, 5.41) is 17.5. The van der Waals surface area contributed by atoms with Gasteiger partial charge in [-0.05, 0) is 59.9 Å². The lowest BCUT2D eigenvalue weighted by molar-refractivity contribution is -0.122. The topological polar surface area (TPSA) is 146 Å². The molecule has 11 heteroatoms. The van der Waals surface area contributed by atoms with Gasteiger partial charge in [0.15, 0.2) is 0 Å². The van der Waals surface area contributed by atoms with E-state index in [0.717, 1.165) is 10.5 Å². The number of carbonyl (C=O) groups is 4. The van der Waals surface area contributed by atoms with Gasteiger partial charge in [-0.15, -0.1) is 0 Å². The van der Waals surface area contributed by atoms with Crippen molar-refractivity contribution in [2.45, 2.75) is 78.2 Å². The van der Waals surface area contributed by atoms with Crippen LogP contribution in [-0.4, -0.2) is 71.1 Å². The standard InChI is InChI=1S/C25H40N4O7/c1-24(2,3)35-21(31)26-14-10-13-19(28-22(32)36-25(4,5)6)15-27-20(30)17-29(23(33)34)16-18-11-8-7-9-12-18/h7-9,11-12,19H,10,13-17H2,1-6H3,(H,26,31)(H,27,30)(H,28,32)(H,33,34)/t19-/m0/s1. The maximum absolute atomic E-state index is 12.5. The van der Waals surface area contributed by atoms with Crippen LogP contribution in [0.15, 0.2) is 30.3 Å². The number of amides is 4. The lowest BCUT2D eigenvalue weighted by atomic mass is 10.1. The molecule has 0 fully saturated rings. The minimum atomic E-state index is -1.22. The van der Waals surface area contributed by atoms with Crippen LogP contribution in [0.1, 0.15) is 59.9 Å². The number of nitrogens with zero attached hydrogens (tertiary/aromatic N) is 1. The first-order valence-electron chi connectivity index (χ1n) is 11.9. The number of benzene rings is 1. The van der Waals surface area contributed by atoms with E-state index >= 15 is 0 Å². The molecule has 4 N–H and O–H groups in total. The van der Waals surface area contributed by atoms with Gasteiger partial charge < -0.3 is 30.5 Å². The fourth-order valence-electron chi connectivity index (χ4n) is 3.01. The Morgan fingerprint density at radius 1 is 0.917 bits per heavy atom. The highest BCUT2D eigenvalue weighted by molar-refractivity contribution is 5.81. The highest BCUT2D eigenvalue weighted by Crippen LogP contribution is 2.09. The van der Waals surface area contributed by atoms with Crippen molar-refractivity contribution in [3.05, 3.63) is 35.9 Å². The number of carboxylic acid groups (broad SMARTS) is 1. The lowest BCUT2D eigenvalue weighted by Gasteiger charge is -2.25. The summed E-state index contributed by atoms with van der Waals surface area (Å²) in [6.45, 7) is 10.6. The van der Waals surface area contributed by atoms with Crippen molar-refractivity contribution in [1.82, 2.24) is 20.9 Å². The van der Waals surface area contributed by atoms with E-state index < -0.39 is 41.4 Å². The highest BCUT2D eigenvalue weighted by Gasteiger charge is 2.22. The van der Waals surface area contributed by atoms with Crippen LogP contribution in [0.25, 0.3) is 0 Å². The van der Waals surface area contributed by atoms with Crippen LogP contribution >= 0.6 is 0 Å². The summed E-state index contributed by atoms with van der Waals surface area (Å²) in [6, 6.07) is 8.46. The molecule has 0 spiro atoms. The Bertz CT molecular complexity index is 863. The van der Waals surface area contributed by atoms with Gasteiger partial charge in [0.05, 0.1) is 0 Å². The molecule has 202 valence electrons. The van der Waals surface area contributed by atoms with Gasteiger partial charge in [0, 0.05) is 25.7 Å². The predicted octanol–water partition coefficient (Wildman–Crippen LogP) is 3.48. The van der Waals surface area contributed by atoms with Gasteiger partial charge in [0.1, 0.15) is 17.7 Å². The number of rotatable bonds is 11. The van der Waals surface area contributed by atoms with Gasteiger partial charge in [-0.1, -0.05) is 30.3 Å². The molecule has 1 aromatic carbocycles. The zero-order valence-corrected chi connectivity index (χ0v) is 22.1. The van der Waals surface area contributed by atoms with Crippen molar-refractivity contribution in [1.29, 1.82) is 0 Å². The van der Waals surface area contributed by atoms with Crippen molar-refractivity contribution in [3.8, 4) is 0 Å². The van der Waals surface area contributed by atoms with E-state index in [1.165, 1.54) is 0 Å². The van der Waals surface area contributed by atoms with E-state index in [9.17, 15) is 24.3 Å². The van der Waals surface area contributed by atoms with Gasteiger partial charge in [-0.3, -0.25) is 9.69 Å². The van der Waals surface area contributed by atoms with E-state index in [-0.39, 0.29) is 19.6 Å². The van der Waals surface area contributed by atoms with Crippen molar-refractivity contribution < 1.29 is 33.8 Å². The number of nitrogens with one attached hydrogen (secondary N) is 3. The van der Waals surface area contributed by atoms with E-state index in [2.05, 4.69) is 16.0 Å². The van der Waals surface area contributed by atoms with E-state index in [1.807, 2.05) is 6.07 Å². The molecule has 36 heavy (non-hydrogen) atoms. The van der Waals surface area contributed by atoms with Crippen LogP contribution in [-0.2, 0) is 20.8 Å². The Balaban J connectivity index is 2.64. The minimum absolute atomic E-state index is 0.0588. The molecule has 0 heterocycles. The monoisotopic (exact) mass is 508 g/mol. The van der Waals surface area contributed by atoms with Gasteiger partial charge >= 0.3 is 18.3 Å². The molecule has 0 unspecified atom stereocenters. The lowest BCUT2D eigenvalue weighted by Crippen LogP contribution is -2.48. The summed E-state index contributed by atoms with van der Waals surface area (Å²) in [5.41, 5.74) is -0.551. The van der Waals surface area contributed by atoms with Gasteiger partial charge in [-0.2, -0.15) is 0 Å². The molecular formula is C25H40N4O7. The smallest absolute Gasteiger partial charge is 0.408 e. The van der Waals surface area contributed by atoms with Gasteiger partial charge in [-0.25, -0.2) is 14.4 Å². The first kappa shape index (κ1) is 30.5. The number of hydrogen-bond acceptors (Lipinski definition) is 6. The summed E-state index contributed by atoms with van der Waals surface area (Å²) in [7, 11) is 0. The Morgan fingerprint density at radius 2 is 1.50 bits per heavy atom. The second kappa shape index (κ2) is 14.2. The molecule has 1 atom stereocenters. The zero-order valence-electron chi connectivity index (χ0n) is 22.1. The molecule has 11 nitrogen and oxygen atoms in total. The Kier molecular flexibility index (Phi) is 12.0. The predicted molar refractivity (Wildman–Crippen MR) is 135 cm³/mol. The highest BCUT2D eigenvalue weighted by atomic mass is 16.6. The molecule has 1 aromatic rings. The largest absolute Gasteiger partial charge is 0.465 e. The molecule has 0 aromatic heterocycles. The Hall–Kier alpha value is -3.50.